The van der Waals surface area contributed by atoms with Crippen LogP contribution in [0.1, 0.15) is 59.1 Å². The number of benzene rings is 2. The van der Waals surface area contributed by atoms with Crippen molar-refractivity contribution < 1.29 is 23.8 Å². The lowest BCUT2D eigenvalue weighted by Gasteiger charge is -2.25. The minimum absolute atomic E-state index is 0.0623. The van der Waals surface area contributed by atoms with Gasteiger partial charge in [-0.15, -0.1) is 0 Å². The molecule has 7 nitrogen and oxygen atoms in total. The molecular formula is C26H29NO6. The first-order valence-corrected chi connectivity index (χ1v) is 11.3. The molecule has 0 fully saturated rings. The number of ether oxygens (including phenoxy) is 2. The standard InChI is InChI=1S/C26H29NO6/c1-5-31-18-9-8-17(14-19(18)32-6-2)23-22-24(29)21-16(4)12-15(3)13-20(21)33-25(22)26(30)27(23)10-7-11-28/h8-9,12-14,23,28H,5-7,10-11H2,1-4H3. The van der Waals surface area contributed by atoms with Gasteiger partial charge in [-0.3, -0.25) is 9.59 Å². The third-order valence-corrected chi connectivity index (χ3v) is 5.85. The molecule has 0 radical (unpaired) electrons. The Kier molecular flexibility index (Phi) is 6.42. The molecule has 3 aromatic rings. The van der Waals surface area contributed by atoms with Crippen LogP contribution in [0, 0.1) is 13.8 Å². The molecule has 7 heteroatoms. The van der Waals surface area contributed by atoms with Crippen LogP contribution in [0.2, 0.25) is 0 Å². The van der Waals surface area contributed by atoms with Crippen LogP contribution in [0.3, 0.4) is 0 Å². The van der Waals surface area contributed by atoms with Crippen LogP contribution in [0.25, 0.3) is 11.0 Å². The molecule has 0 bridgehead atoms. The summed E-state index contributed by atoms with van der Waals surface area (Å²) in [5, 5.41) is 9.90. The van der Waals surface area contributed by atoms with E-state index in [0.29, 0.717) is 47.7 Å². The average molecular weight is 452 g/mol. The molecule has 1 aliphatic heterocycles. The molecule has 4 rings (SSSR count). The highest BCUT2D eigenvalue weighted by Crippen LogP contribution is 2.41. The molecule has 33 heavy (non-hydrogen) atoms. The van der Waals surface area contributed by atoms with E-state index in [0.717, 1.165) is 16.7 Å². The summed E-state index contributed by atoms with van der Waals surface area (Å²) in [5.41, 5.74) is 3.01. The number of carbonyl (C=O) groups excluding carboxylic acids is 1. The normalized spacial score (nSPS) is 15.2. The largest absolute Gasteiger partial charge is 0.490 e. The van der Waals surface area contributed by atoms with Crippen molar-refractivity contribution in [3.63, 3.8) is 0 Å². The maximum atomic E-state index is 13.7. The van der Waals surface area contributed by atoms with E-state index in [4.69, 9.17) is 13.9 Å². The van der Waals surface area contributed by atoms with E-state index in [2.05, 4.69) is 0 Å². The highest BCUT2D eigenvalue weighted by atomic mass is 16.5. The van der Waals surface area contributed by atoms with Crippen LogP contribution >= 0.6 is 0 Å². The molecule has 1 atom stereocenters. The number of nitrogens with zero attached hydrogens (tertiary/aromatic N) is 1. The monoisotopic (exact) mass is 451 g/mol. The summed E-state index contributed by atoms with van der Waals surface area (Å²) in [6.07, 6.45) is 0.386. The number of amides is 1. The molecule has 0 saturated carbocycles. The topological polar surface area (TPSA) is 89.2 Å². The number of aliphatic hydroxyl groups is 1. The van der Waals surface area contributed by atoms with Crippen molar-refractivity contribution in [2.75, 3.05) is 26.4 Å². The van der Waals surface area contributed by atoms with Gasteiger partial charge in [-0.25, -0.2) is 0 Å². The lowest BCUT2D eigenvalue weighted by atomic mass is 9.96. The molecule has 2 aromatic carbocycles. The van der Waals surface area contributed by atoms with Crippen LogP contribution < -0.4 is 14.9 Å². The molecule has 1 amide bonds. The summed E-state index contributed by atoms with van der Waals surface area (Å²) in [7, 11) is 0. The highest BCUT2D eigenvalue weighted by Gasteiger charge is 2.42. The minimum Gasteiger partial charge on any atom is -0.490 e. The number of hydrogen-bond donors (Lipinski definition) is 1. The third kappa shape index (κ3) is 3.97. The fourth-order valence-corrected chi connectivity index (χ4v) is 4.57. The number of rotatable bonds is 8. The van der Waals surface area contributed by atoms with Crippen molar-refractivity contribution in [1.82, 2.24) is 4.90 Å². The molecular weight excluding hydrogens is 422 g/mol. The summed E-state index contributed by atoms with van der Waals surface area (Å²) in [6.45, 7) is 8.73. The van der Waals surface area contributed by atoms with Gasteiger partial charge in [0.2, 0.25) is 5.76 Å². The molecule has 2 heterocycles. The quantitative estimate of drug-likeness (QED) is 0.554. The van der Waals surface area contributed by atoms with Crippen LogP contribution in [0.4, 0.5) is 0 Å². The van der Waals surface area contributed by atoms with Crippen molar-refractivity contribution in [2.24, 2.45) is 0 Å². The fraction of sp³-hybridized carbons (Fsp3) is 0.385. The zero-order chi connectivity index (χ0) is 23.7. The Morgan fingerprint density at radius 1 is 1.03 bits per heavy atom. The lowest BCUT2D eigenvalue weighted by Crippen LogP contribution is -2.31. The van der Waals surface area contributed by atoms with Crippen molar-refractivity contribution in [3.05, 3.63) is 68.6 Å². The van der Waals surface area contributed by atoms with Gasteiger partial charge in [0.05, 0.1) is 30.2 Å². The Morgan fingerprint density at radius 2 is 1.76 bits per heavy atom. The van der Waals surface area contributed by atoms with Crippen LogP contribution in [0.15, 0.2) is 39.5 Å². The number of aryl methyl sites for hydroxylation is 2. The number of fused-ring (bicyclic) bond motifs is 2. The molecule has 0 aliphatic carbocycles. The fourth-order valence-electron chi connectivity index (χ4n) is 4.57. The molecule has 1 unspecified atom stereocenters. The van der Waals surface area contributed by atoms with E-state index in [9.17, 15) is 14.7 Å². The smallest absolute Gasteiger partial charge is 0.290 e. The zero-order valence-electron chi connectivity index (χ0n) is 19.4. The summed E-state index contributed by atoms with van der Waals surface area (Å²) < 4.78 is 17.5. The Balaban J connectivity index is 1.95. The number of aliphatic hydroxyl groups excluding tert-OH is 1. The Hall–Kier alpha value is -3.32. The second kappa shape index (κ2) is 9.27. The average Bonchev–Trinajstić information content (AvgIpc) is 3.05. The summed E-state index contributed by atoms with van der Waals surface area (Å²) in [4.78, 5) is 28.7. The van der Waals surface area contributed by atoms with Gasteiger partial charge in [0.15, 0.2) is 16.9 Å². The third-order valence-electron chi connectivity index (χ3n) is 5.85. The zero-order valence-corrected chi connectivity index (χ0v) is 19.4. The van der Waals surface area contributed by atoms with E-state index in [-0.39, 0.29) is 30.2 Å². The highest BCUT2D eigenvalue weighted by molar-refractivity contribution is 5.99. The molecule has 174 valence electrons. The predicted molar refractivity (Wildman–Crippen MR) is 125 cm³/mol. The maximum absolute atomic E-state index is 13.7. The van der Waals surface area contributed by atoms with Gasteiger partial charge in [-0.2, -0.15) is 0 Å². The summed E-state index contributed by atoms with van der Waals surface area (Å²) >= 11 is 0. The second-order valence-electron chi connectivity index (χ2n) is 8.18. The summed E-state index contributed by atoms with van der Waals surface area (Å²) in [5.74, 6) is 0.865. The lowest BCUT2D eigenvalue weighted by molar-refractivity contribution is 0.0716. The number of hydrogen-bond acceptors (Lipinski definition) is 6. The summed E-state index contributed by atoms with van der Waals surface area (Å²) in [6, 6.07) is 8.54. The van der Waals surface area contributed by atoms with Gasteiger partial charge < -0.3 is 23.9 Å². The molecule has 0 saturated heterocycles. The van der Waals surface area contributed by atoms with E-state index in [1.165, 1.54) is 0 Å². The van der Waals surface area contributed by atoms with Gasteiger partial charge in [0.1, 0.15) is 5.58 Å². The van der Waals surface area contributed by atoms with Crippen LogP contribution in [-0.4, -0.2) is 42.3 Å². The van der Waals surface area contributed by atoms with E-state index < -0.39 is 6.04 Å². The predicted octanol–water partition coefficient (Wildman–Crippen LogP) is 4.13. The SMILES string of the molecule is CCOc1ccc(C2c3c(oc4cc(C)cc(C)c4c3=O)C(=O)N2CCCO)cc1OCC. The first kappa shape index (κ1) is 22.9. The van der Waals surface area contributed by atoms with E-state index in [1.807, 2.05) is 45.9 Å². The first-order chi connectivity index (χ1) is 15.9. The Bertz CT molecular complexity index is 1260. The maximum Gasteiger partial charge on any atom is 0.290 e. The first-order valence-electron chi connectivity index (χ1n) is 11.3. The Labute approximate surface area is 192 Å². The molecule has 1 aliphatic rings. The second-order valence-corrected chi connectivity index (χ2v) is 8.18. The molecule has 1 aromatic heterocycles. The Morgan fingerprint density at radius 3 is 2.45 bits per heavy atom. The van der Waals surface area contributed by atoms with E-state index >= 15 is 0 Å². The number of carbonyl (C=O) groups is 1. The van der Waals surface area contributed by atoms with Gasteiger partial charge in [0, 0.05) is 13.2 Å². The van der Waals surface area contributed by atoms with Crippen LogP contribution in [0.5, 0.6) is 11.5 Å². The van der Waals surface area contributed by atoms with Gasteiger partial charge in [0.25, 0.3) is 5.91 Å². The van der Waals surface area contributed by atoms with Crippen molar-refractivity contribution in [2.45, 2.75) is 40.2 Å². The van der Waals surface area contributed by atoms with Gasteiger partial charge in [-0.1, -0.05) is 12.1 Å². The molecule has 0 spiro atoms. The minimum atomic E-state index is -0.643. The van der Waals surface area contributed by atoms with Crippen molar-refractivity contribution in [1.29, 1.82) is 0 Å². The van der Waals surface area contributed by atoms with Gasteiger partial charge in [-0.05, 0) is 69.0 Å². The van der Waals surface area contributed by atoms with Crippen molar-refractivity contribution in [3.8, 4) is 11.5 Å². The molecule has 1 N–H and O–H groups in total. The van der Waals surface area contributed by atoms with Crippen molar-refractivity contribution >= 4 is 16.9 Å². The van der Waals surface area contributed by atoms with Crippen LogP contribution in [-0.2, 0) is 0 Å². The van der Waals surface area contributed by atoms with Gasteiger partial charge >= 0.3 is 0 Å². The van der Waals surface area contributed by atoms with E-state index in [1.54, 1.807) is 17.0 Å².